The van der Waals surface area contributed by atoms with E-state index in [0.29, 0.717) is 25.3 Å². The van der Waals surface area contributed by atoms with E-state index in [1.54, 1.807) is 30.3 Å². The largest absolute Gasteiger partial charge is 0.453 e. The number of carbonyl (C=O) groups excluding carboxylic acids is 2. The topological polar surface area (TPSA) is 67.9 Å². The monoisotopic (exact) mass is 456 g/mol. The molecule has 1 saturated heterocycles. The van der Waals surface area contributed by atoms with Crippen molar-refractivity contribution in [1.82, 2.24) is 10.2 Å². The number of hydrogen-bond donors (Lipinski definition) is 1. The van der Waals surface area contributed by atoms with Gasteiger partial charge in [0.25, 0.3) is 0 Å². The van der Waals surface area contributed by atoms with Crippen molar-refractivity contribution in [1.29, 1.82) is 0 Å². The number of ether oxygens (including phenoxy) is 2. The number of unbranched alkanes of at least 4 members (excludes halogenated alkanes) is 1. The number of halogens is 1. The number of esters is 1. The average molecular weight is 457 g/mol. The summed E-state index contributed by atoms with van der Waals surface area (Å²) in [6, 6.07) is 17.0. The molecule has 6 nitrogen and oxygen atoms in total. The highest BCUT2D eigenvalue weighted by atomic mass is 19.1. The van der Waals surface area contributed by atoms with Crippen molar-refractivity contribution in [3.8, 4) is 0 Å². The van der Waals surface area contributed by atoms with Gasteiger partial charge in [-0.1, -0.05) is 61.9 Å². The normalized spacial score (nSPS) is 23.1. The predicted octanol–water partition coefficient (Wildman–Crippen LogP) is 3.76. The zero-order valence-electron chi connectivity index (χ0n) is 19.3. The molecule has 178 valence electrons. The smallest absolute Gasteiger partial charge is 0.338 e. The number of alkyl halides is 1. The molecule has 0 spiro atoms. The van der Waals surface area contributed by atoms with Gasteiger partial charge in [-0.3, -0.25) is 9.69 Å². The predicted molar refractivity (Wildman–Crippen MR) is 125 cm³/mol. The molecule has 2 aromatic rings. The van der Waals surface area contributed by atoms with Crippen molar-refractivity contribution >= 4 is 11.9 Å². The summed E-state index contributed by atoms with van der Waals surface area (Å²) in [5.41, 5.74) is 1.37. The van der Waals surface area contributed by atoms with Crippen LogP contribution in [0, 0.1) is 0 Å². The first-order valence-electron chi connectivity index (χ1n) is 11.5. The number of amides is 1. The summed E-state index contributed by atoms with van der Waals surface area (Å²) >= 11 is 0. The minimum atomic E-state index is -1.53. The van der Waals surface area contributed by atoms with E-state index in [0.717, 1.165) is 18.4 Å². The molecule has 0 aliphatic carbocycles. The first-order valence-corrected chi connectivity index (χ1v) is 11.5. The van der Waals surface area contributed by atoms with Gasteiger partial charge in [0.2, 0.25) is 5.91 Å². The molecule has 4 atom stereocenters. The summed E-state index contributed by atoms with van der Waals surface area (Å²) < 4.78 is 27.4. The molecule has 1 amide bonds. The van der Waals surface area contributed by atoms with Crippen LogP contribution in [0.25, 0.3) is 0 Å². The number of hydrogen-bond acceptors (Lipinski definition) is 5. The highest BCUT2D eigenvalue weighted by Gasteiger charge is 2.47. The highest BCUT2D eigenvalue weighted by Crippen LogP contribution is 2.27. The van der Waals surface area contributed by atoms with Crippen LogP contribution in [0.3, 0.4) is 0 Å². The molecule has 0 saturated carbocycles. The van der Waals surface area contributed by atoms with Crippen molar-refractivity contribution < 1.29 is 23.5 Å². The minimum Gasteiger partial charge on any atom is -0.453 e. The Hall–Kier alpha value is -2.77. The van der Waals surface area contributed by atoms with Gasteiger partial charge in [-0.15, -0.1) is 0 Å². The fraction of sp³-hybridized carbons (Fsp3) is 0.462. The summed E-state index contributed by atoms with van der Waals surface area (Å²) in [6.07, 6.45) is -0.773. The maximum atomic E-state index is 16.0. The number of likely N-dealkylation sites (tertiary alicyclic amines) is 1. The molecule has 3 rings (SSSR count). The van der Waals surface area contributed by atoms with Crippen molar-refractivity contribution in [2.75, 3.05) is 19.8 Å². The van der Waals surface area contributed by atoms with Crippen LogP contribution in [0.2, 0.25) is 0 Å². The lowest BCUT2D eigenvalue weighted by Gasteiger charge is -2.45. The summed E-state index contributed by atoms with van der Waals surface area (Å²) in [4.78, 5) is 26.6. The van der Waals surface area contributed by atoms with E-state index < -0.39 is 30.3 Å². The first kappa shape index (κ1) is 24.9. The number of benzene rings is 2. The summed E-state index contributed by atoms with van der Waals surface area (Å²) in [7, 11) is 0. The van der Waals surface area contributed by atoms with Crippen molar-refractivity contribution in [2.45, 2.75) is 57.6 Å². The van der Waals surface area contributed by atoms with E-state index in [-0.39, 0.29) is 12.5 Å². The Morgan fingerprint density at radius 1 is 1.09 bits per heavy atom. The third-order valence-electron chi connectivity index (χ3n) is 5.78. The van der Waals surface area contributed by atoms with Crippen LogP contribution in [0.5, 0.6) is 0 Å². The van der Waals surface area contributed by atoms with Crippen molar-refractivity contribution in [3.05, 3.63) is 71.8 Å². The van der Waals surface area contributed by atoms with Gasteiger partial charge >= 0.3 is 5.97 Å². The minimum absolute atomic E-state index is 0.181. The van der Waals surface area contributed by atoms with Crippen LogP contribution in [0.1, 0.15) is 42.6 Å². The quantitative estimate of drug-likeness (QED) is 0.436. The Balaban J connectivity index is 1.82. The van der Waals surface area contributed by atoms with Crippen LogP contribution >= 0.6 is 0 Å². The van der Waals surface area contributed by atoms with Gasteiger partial charge in [0.15, 0.2) is 12.3 Å². The second kappa shape index (κ2) is 12.5. The number of rotatable bonds is 10. The zero-order chi connectivity index (χ0) is 23.6. The molecule has 0 radical (unpaired) electrons. The summed E-state index contributed by atoms with van der Waals surface area (Å²) in [5.74, 6) is -0.911. The van der Waals surface area contributed by atoms with Crippen molar-refractivity contribution in [3.63, 3.8) is 0 Å². The molecule has 33 heavy (non-hydrogen) atoms. The maximum Gasteiger partial charge on any atom is 0.338 e. The van der Waals surface area contributed by atoms with E-state index in [2.05, 4.69) is 12.2 Å². The SMILES string of the molecule is CCCCOC[C@@H]1[C@@H](F)[C@H](OC(=O)c2ccccc2)[C@@H](NC(C)=O)CN1Cc1ccccc1. The lowest BCUT2D eigenvalue weighted by Crippen LogP contribution is -2.66. The fourth-order valence-corrected chi connectivity index (χ4v) is 4.08. The van der Waals surface area contributed by atoms with Crippen LogP contribution in [-0.4, -0.2) is 60.9 Å². The van der Waals surface area contributed by atoms with E-state index >= 15 is 4.39 Å². The van der Waals surface area contributed by atoms with Gasteiger partial charge in [-0.2, -0.15) is 0 Å². The molecule has 1 fully saturated rings. The molecule has 2 aromatic carbocycles. The van der Waals surface area contributed by atoms with Crippen molar-refractivity contribution in [2.24, 2.45) is 0 Å². The summed E-state index contributed by atoms with van der Waals surface area (Å²) in [6.45, 7) is 5.01. The molecule has 7 heteroatoms. The molecular weight excluding hydrogens is 423 g/mol. The second-order valence-electron chi connectivity index (χ2n) is 8.40. The van der Waals surface area contributed by atoms with Gasteiger partial charge in [-0.25, -0.2) is 9.18 Å². The van der Waals surface area contributed by atoms with Crippen LogP contribution in [-0.2, 0) is 20.8 Å². The average Bonchev–Trinajstić information content (AvgIpc) is 2.81. The van der Waals surface area contributed by atoms with Gasteiger partial charge < -0.3 is 14.8 Å². The lowest BCUT2D eigenvalue weighted by atomic mass is 9.92. The number of nitrogens with zero attached hydrogens (tertiary/aromatic N) is 1. The zero-order valence-corrected chi connectivity index (χ0v) is 19.3. The Kier molecular flexibility index (Phi) is 9.39. The lowest BCUT2D eigenvalue weighted by molar-refractivity contribution is -0.125. The standard InChI is InChI=1S/C26H33FN2O4/c1-3-4-15-32-18-23-24(27)25(33-26(31)21-13-9-6-10-14-21)22(28-19(2)30)17-29(23)16-20-11-7-5-8-12-20/h5-14,22-25H,3-4,15-18H2,1-2H3,(H,28,30)/t22-,23+,24+,25+/m0/s1. The Morgan fingerprint density at radius 2 is 1.76 bits per heavy atom. The van der Waals surface area contributed by atoms with Gasteiger partial charge in [0, 0.05) is 26.6 Å². The van der Waals surface area contributed by atoms with Crippen LogP contribution in [0.4, 0.5) is 4.39 Å². The molecule has 1 heterocycles. The molecule has 0 unspecified atom stereocenters. The third-order valence-corrected chi connectivity index (χ3v) is 5.78. The molecule has 0 bridgehead atoms. The second-order valence-corrected chi connectivity index (χ2v) is 8.40. The molecule has 0 aromatic heterocycles. The Labute approximate surface area is 195 Å². The molecular formula is C26H33FN2O4. The molecule has 1 aliphatic rings. The number of piperidine rings is 1. The maximum absolute atomic E-state index is 16.0. The van der Waals surface area contributed by atoms with E-state index in [9.17, 15) is 9.59 Å². The first-order chi connectivity index (χ1) is 16.0. The van der Waals surface area contributed by atoms with E-state index in [4.69, 9.17) is 9.47 Å². The summed E-state index contributed by atoms with van der Waals surface area (Å²) in [5, 5.41) is 2.79. The molecule has 1 N–H and O–H groups in total. The number of nitrogens with one attached hydrogen (secondary N) is 1. The highest BCUT2D eigenvalue weighted by molar-refractivity contribution is 5.89. The Morgan fingerprint density at radius 3 is 2.39 bits per heavy atom. The fourth-order valence-electron chi connectivity index (χ4n) is 4.08. The van der Waals surface area contributed by atoms with Crippen LogP contribution in [0.15, 0.2) is 60.7 Å². The van der Waals surface area contributed by atoms with E-state index in [1.165, 1.54) is 6.92 Å². The van der Waals surface area contributed by atoms with Crippen LogP contribution < -0.4 is 5.32 Å². The molecule has 1 aliphatic heterocycles. The Bertz CT molecular complexity index is 880. The van der Waals surface area contributed by atoms with E-state index in [1.807, 2.05) is 35.2 Å². The van der Waals surface area contributed by atoms with Gasteiger partial charge in [0.05, 0.1) is 24.3 Å². The number of carbonyl (C=O) groups is 2. The van der Waals surface area contributed by atoms with Gasteiger partial charge in [-0.05, 0) is 24.1 Å². The third kappa shape index (κ3) is 7.11. The van der Waals surface area contributed by atoms with Gasteiger partial charge in [0.1, 0.15) is 0 Å².